The molecule has 2 rings (SSSR count). The summed E-state index contributed by atoms with van der Waals surface area (Å²) in [6.45, 7) is 1.99. The van der Waals surface area contributed by atoms with Crippen molar-refractivity contribution < 1.29 is 14.6 Å². The molecule has 0 heterocycles. The second-order valence-corrected chi connectivity index (χ2v) is 5.92. The molecule has 0 saturated carbocycles. The molecule has 0 bridgehead atoms. The molecule has 0 amide bonds. The highest BCUT2D eigenvalue weighted by molar-refractivity contribution is 9.10. The van der Waals surface area contributed by atoms with E-state index in [1.54, 1.807) is 26.4 Å². The molecule has 2 aromatic carbocycles. The number of hydrogen-bond acceptors (Lipinski definition) is 3. The summed E-state index contributed by atoms with van der Waals surface area (Å²) in [7, 11) is 3.09. The van der Waals surface area contributed by atoms with Crippen LogP contribution in [0.25, 0.3) is 0 Å². The Balaban J connectivity index is 2.50. The molecule has 0 spiro atoms. The predicted octanol–water partition coefficient (Wildman–Crippen LogP) is 4.51. The number of aliphatic hydroxyl groups excluding tert-OH is 1. The van der Waals surface area contributed by atoms with Crippen molar-refractivity contribution >= 4 is 27.5 Å². The number of methoxy groups -OCH3 is 2. The van der Waals surface area contributed by atoms with Crippen molar-refractivity contribution in [2.45, 2.75) is 13.0 Å². The molecule has 112 valence electrons. The van der Waals surface area contributed by atoms with Gasteiger partial charge in [-0.3, -0.25) is 0 Å². The maximum atomic E-state index is 10.6. The van der Waals surface area contributed by atoms with Crippen LogP contribution in [-0.4, -0.2) is 19.3 Å². The quantitative estimate of drug-likeness (QED) is 0.859. The van der Waals surface area contributed by atoms with Gasteiger partial charge in [0.2, 0.25) is 0 Å². The van der Waals surface area contributed by atoms with Crippen molar-refractivity contribution in [3.63, 3.8) is 0 Å². The van der Waals surface area contributed by atoms with E-state index < -0.39 is 6.10 Å². The van der Waals surface area contributed by atoms with E-state index in [9.17, 15) is 5.11 Å². The van der Waals surface area contributed by atoms with Crippen LogP contribution in [-0.2, 0) is 0 Å². The summed E-state index contributed by atoms with van der Waals surface area (Å²) in [5, 5.41) is 11.0. The van der Waals surface area contributed by atoms with Crippen molar-refractivity contribution in [1.82, 2.24) is 0 Å². The molecule has 5 heteroatoms. The first-order chi connectivity index (χ1) is 9.97. The van der Waals surface area contributed by atoms with Crippen LogP contribution in [0.5, 0.6) is 11.5 Å². The first-order valence-electron chi connectivity index (χ1n) is 6.33. The molecule has 0 aliphatic carbocycles. The summed E-state index contributed by atoms with van der Waals surface area (Å²) in [5.41, 5.74) is 2.42. The molecule has 1 atom stereocenters. The molecule has 0 aliphatic heterocycles. The third kappa shape index (κ3) is 3.34. The predicted molar refractivity (Wildman–Crippen MR) is 87.5 cm³/mol. The molecule has 1 N–H and O–H groups in total. The summed E-state index contributed by atoms with van der Waals surface area (Å²) < 4.78 is 11.3. The highest BCUT2D eigenvalue weighted by Gasteiger charge is 2.19. The zero-order valence-corrected chi connectivity index (χ0v) is 14.3. The van der Waals surface area contributed by atoms with Crippen LogP contribution in [0.4, 0.5) is 0 Å². The highest BCUT2D eigenvalue weighted by Crippen LogP contribution is 2.39. The summed E-state index contributed by atoms with van der Waals surface area (Å²) >= 11 is 9.73. The lowest BCUT2D eigenvalue weighted by Gasteiger charge is -2.17. The third-order valence-corrected chi connectivity index (χ3v) is 4.26. The zero-order valence-electron chi connectivity index (χ0n) is 12.0. The summed E-state index contributed by atoms with van der Waals surface area (Å²) in [6, 6.07) is 9.10. The second kappa shape index (κ2) is 6.69. The monoisotopic (exact) mass is 370 g/mol. The number of rotatable bonds is 4. The van der Waals surface area contributed by atoms with Crippen molar-refractivity contribution in [2.75, 3.05) is 14.2 Å². The Morgan fingerprint density at radius 2 is 1.67 bits per heavy atom. The molecule has 0 aliphatic rings. The van der Waals surface area contributed by atoms with Gasteiger partial charge in [-0.2, -0.15) is 0 Å². The molecule has 2 aromatic rings. The fourth-order valence-electron chi connectivity index (χ4n) is 2.10. The summed E-state index contributed by atoms with van der Waals surface area (Å²) in [4.78, 5) is 0. The minimum absolute atomic E-state index is 0.424. The smallest absolute Gasteiger partial charge is 0.162 e. The standard InChI is InChI=1S/C16H16BrClO3/c1-9-4-5-10(12(17)6-9)16(19)11-7-14(20-2)15(21-3)8-13(11)18/h4-8,16,19H,1-3H3. The fourth-order valence-corrected chi connectivity index (χ4v) is 3.07. The Hall–Kier alpha value is -1.23. The van der Waals surface area contributed by atoms with Crippen molar-refractivity contribution in [3.8, 4) is 11.5 Å². The van der Waals surface area contributed by atoms with E-state index in [1.165, 1.54) is 0 Å². The third-order valence-electron chi connectivity index (χ3n) is 3.25. The van der Waals surface area contributed by atoms with Crippen LogP contribution in [0.3, 0.4) is 0 Å². The van der Waals surface area contributed by atoms with Crippen LogP contribution < -0.4 is 9.47 Å². The van der Waals surface area contributed by atoms with Crippen molar-refractivity contribution in [3.05, 3.63) is 56.5 Å². The minimum atomic E-state index is -0.854. The average molecular weight is 372 g/mol. The van der Waals surface area contributed by atoms with E-state index in [0.29, 0.717) is 22.1 Å². The number of hydrogen-bond donors (Lipinski definition) is 1. The van der Waals surface area contributed by atoms with Gasteiger partial charge in [0, 0.05) is 16.1 Å². The van der Waals surface area contributed by atoms with Gasteiger partial charge in [0.25, 0.3) is 0 Å². The molecular weight excluding hydrogens is 356 g/mol. The number of ether oxygens (including phenoxy) is 2. The Morgan fingerprint density at radius 3 is 2.24 bits per heavy atom. The van der Waals surface area contributed by atoms with Gasteiger partial charge in [-0.25, -0.2) is 0 Å². The van der Waals surface area contributed by atoms with Gasteiger partial charge < -0.3 is 14.6 Å². The lowest BCUT2D eigenvalue weighted by Crippen LogP contribution is -2.03. The van der Waals surface area contributed by atoms with E-state index in [-0.39, 0.29) is 0 Å². The molecule has 21 heavy (non-hydrogen) atoms. The Kier molecular flexibility index (Phi) is 5.14. The number of benzene rings is 2. The molecule has 3 nitrogen and oxygen atoms in total. The molecule has 0 saturated heterocycles. The molecule has 0 radical (unpaired) electrons. The maximum absolute atomic E-state index is 10.6. The highest BCUT2D eigenvalue weighted by atomic mass is 79.9. The van der Waals surface area contributed by atoms with Gasteiger partial charge in [0.1, 0.15) is 6.10 Å². The first kappa shape index (κ1) is 16.1. The Bertz CT molecular complexity index is 658. The topological polar surface area (TPSA) is 38.7 Å². The van der Waals surface area contributed by atoms with Crippen LogP contribution in [0, 0.1) is 6.92 Å². The van der Waals surface area contributed by atoms with Gasteiger partial charge in [-0.15, -0.1) is 0 Å². The van der Waals surface area contributed by atoms with Gasteiger partial charge in [-0.05, 0) is 30.2 Å². The van der Waals surface area contributed by atoms with E-state index in [1.807, 2.05) is 25.1 Å². The van der Waals surface area contributed by atoms with Crippen LogP contribution >= 0.6 is 27.5 Å². The minimum Gasteiger partial charge on any atom is -0.493 e. The zero-order chi connectivity index (χ0) is 15.6. The Morgan fingerprint density at radius 1 is 1.05 bits per heavy atom. The fraction of sp³-hybridized carbons (Fsp3) is 0.250. The average Bonchev–Trinajstić information content (AvgIpc) is 2.46. The number of halogens is 2. The molecule has 0 fully saturated rings. The van der Waals surface area contributed by atoms with Gasteiger partial charge in [-0.1, -0.05) is 39.7 Å². The maximum Gasteiger partial charge on any atom is 0.162 e. The van der Waals surface area contributed by atoms with E-state index in [2.05, 4.69) is 15.9 Å². The van der Waals surface area contributed by atoms with E-state index in [4.69, 9.17) is 21.1 Å². The van der Waals surface area contributed by atoms with E-state index in [0.717, 1.165) is 15.6 Å². The SMILES string of the molecule is COc1cc(Cl)c(C(O)c2ccc(C)cc2Br)cc1OC. The van der Waals surface area contributed by atoms with E-state index >= 15 is 0 Å². The summed E-state index contributed by atoms with van der Waals surface area (Å²) in [5.74, 6) is 1.06. The Labute approximate surface area is 137 Å². The van der Waals surface area contributed by atoms with Crippen LogP contribution in [0.15, 0.2) is 34.8 Å². The normalized spacial score (nSPS) is 12.1. The van der Waals surface area contributed by atoms with Crippen molar-refractivity contribution in [1.29, 1.82) is 0 Å². The number of aliphatic hydroxyl groups is 1. The van der Waals surface area contributed by atoms with Gasteiger partial charge >= 0.3 is 0 Å². The lowest BCUT2D eigenvalue weighted by molar-refractivity contribution is 0.219. The summed E-state index contributed by atoms with van der Waals surface area (Å²) in [6.07, 6.45) is -0.854. The largest absolute Gasteiger partial charge is 0.493 e. The second-order valence-electron chi connectivity index (χ2n) is 4.66. The molecule has 0 aromatic heterocycles. The van der Waals surface area contributed by atoms with Gasteiger partial charge in [0.15, 0.2) is 11.5 Å². The van der Waals surface area contributed by atoms with Crippen molar-refractivity contribution in [2.24, 2.45) is 0 Å². The van der Waals surface area contributed by atoms with Crippen LogP contribution in [0.1, 0.15) is 22.8 Å². The lowest BCUT2D eigenvalue weighted by atomic mass is 10.00. The first-order valence-corrected chi connectivity index (χ1v) is 7.50. The number of aryl methyl sites for hydroxylation is 1. The van der Waals surface area contributed by atoms with Gasteiger partial charge in [0.05, 0.1) is 19.2 Å². The molecule has 1 unspecified atom stereocenters. The molecular formula is C16H16BrClO3. The van der Waals surface area contributed by atoms with Crippen LogP contribution in [0.2, 0.25) is 5.02 Å².